The molecule has 3 unspecified atom stereocenters. The van der Waals surface area contributed by atoms with Gasteiger partial charge in [-0.25, -0.2) is 0 Å². The van der Waals surface area contributed by atoms with Crippen LogP contribution >= 0.6 is 11.8 Å². The van der Waals surface area contributed by atoms with Crippen molar-refractivity contribution >= 4 is 17.7 Å². The molecule has 2 fully saturated rings. The lowest BCUT2D eigenvalue weighted by molar-refractivity contribution is -0.133. The second kappa shape index (κ2) is 4.30. The fourth-order valence-corrected chi connectivity index (χ4v) is 3.28. The first-order valence-corrected chi connectivity index (χ1v) is 6.62. The molecule has 7 heteroatoms. The van der Waals surface area contributed by atoms with Crippen LogP contribution in [0.5, 0.6) is 0 Å². The zero-order valence-corrected chi connectivity index (χ0v) is 9.97. The van der Waals surface area contributed by atoms with Crippen LogP contribution in [0.15, 0.2) is 11.5 Å². The van der Waals surface area contributed by atoms with Gasteiger partial charge < -0.3 is 14.4 Å². The maximum absolute atomic E-state index is 10.6. The zero-order valence-electron chi connectivity index (χ0n) is 9.15. The van der Waals surface area contributed by atoms with Gasteiger partial charge in [0, 0.05) is 0 Å². The predicted molar refractivity (Wildman–Crippen MR) is 59.9 cm³/mol. The van der Waals surface area contributed by atoms with Crippen LogP contribution in [0.25, 0.3) is 0 Å². The molecule has 92 valence electrons. The normalized spacial score (nSPS) is 30.9. The first-order valence-electron chi connectivity index (χ1n) is 5.63. The summed E-state index contributed by atoms with van der Waals surface area (Å²) in [7, 11) is 0. The third kappa shape index (κ3) is 2.04. The molecule has 3 heterocycles. The van der Waals surface area contributed by atoms with E-state index in [9.17, 15) is 4.79 Å². The molecular weight excluding hydrogens is 242 g/mol. The molecule has 2 bridgehead atoms. The monoisotopic (exact) mass is 255 g/mol. The smallest absolute Gasteiger partial charge is 0.313 e. The zero-order chi connectivity index (χ0) is 11.8. The Labute approximate surface area is 102 Å². The SMILES string of the molecule is O=C(O)CSc1nncn1C1CC2CCC1O2. The van der Waals surface area contributed by atoms with Gasteiger partial charge in [0.05, 0.1) is 24.0 Å². The highest BCUT2D eigenvalue weighted by Gasteiger charge is 2.42. The lowest BCUT2D eigenvalue weighted by atomic mass is 9.95. The topological polar surface area (TPSA) is 77.2 Å². The van der Waals surface area contributed by atoms with Crippen LogP contribution in [-0.4, -0.2) is 43.8 Å². The van der Waals surface area contributed by atoms with Crippen LogP contribution < -0.4 is 0 Å². The molecule has 0 aromatic carbocycles. The largest absolute Gasteiger partial charge is 0.481 e. The van der Waals surface area contributed by atoms with E-state index in [1.54, 1.807) is 6.33 Å². The van der Waals surface area contributed by atoms with Gasteiger partial charge >= 0.3 is 5.97 Å². The molecule has 1 aromatic heterocycles. The summed E-state index contributed by atoms with van der Waals surface area (Å²) in [6.45, 7) is 0. The molecule has 0 radical (unpaired) electrons. The summed E-state index contributed by atoms with van der Waals surface area (Å²) in [5.74, 6) is -0.825. The van der Waals surface area contributed by atoms with Crippen LogP contribution in [0.2, 0.25) is 0 Å². The van der Waals surface area contributed by atoms with Crippen molar-refractivity contribution in [3.05, 3.63) is 6.33 Å². The van der Waals surface area contributed by atoms with Gasteiger partial charge in [-0.3, -0.25) is 4.79 Å². The van der Waals surface area contributed by atoms with Crippen molar-refractivity contribution in [2.75, 3.05) is 5.75 Å². The molecule has 2 saturated heterocycles. The lowest BCUT2D eigenvalue weighted by Gasteiger charge is -2.20. The van der Waals surface area contributed by atoms with E-state index in [1.165, 1.54) is 11.8 Å². The standard InChI is InChI=1S/C10H13N3O3S/c14-9(15)4-17-10-12-11-5-13(10)7-3-6-1-2-8(7)16-6/h5-8H,1-4H2,(H,14,15). The molecular formula is C10H13N3O3S. The van der Waals surface area contributed by atoms with Gasteiger partial charge in [0.1, 0.15) is 6.33 Å². The summed E-state index contributed by atoms with van der Waals surface area (Å²) >= 11 is 1.21. The number of fused-ring (bicyclic) bond motifs is 2. The summed E-state index contributed by atoms with van der Waals surface area (Å²) in [4.78, 5) is 10.6. The van der Waals surface area contributed by atoms with Gasteiger partial charge in [-0.1, -0.05) is 11.8 Å². The van der Waals surface area contributed by atoms with Crippen molar-refractivity contribution in [3.8, 4) is 0 Å². The van der Waals surface area contributed by atoms with Crippen LogP contribution in [-0.2, 0) is 9.53 Å². The number of thioether (sulfide) groups is 1. The first-order chi connectivity index (χ1) is 8.24. The molecule has 1 aromatic rings. The summed E-state index contributed by atoms with van der Waals surface area (Å²) in [6, 6.07) is 0.278. The second-order valence-corrected chi connectivity index (χ2v) is 5.32. The molecule has 6 nitrogen and oxygen atoms in total. The van der Waals surface area contributed by atoms with Crippen molar-refractivity contribution in [2.45, 2.75) is 42.7 Å². The summed E-state index contributed by atoms with van der Waals surface area (Å²) < 4.78 is 7.76. The highest BCUT2D eigenvalue weighted by molar-refractivity contribution is 7.99. The van der Waals surface area contributed by atoms with Gasteiger partial charge in [0.15, 0.2) is 5.16 Å². The number of carboxylic acids is 1. The van der Waals surface area contributed by atoms with E-state index in [1.807, 2.05) is 4.57 Å². The fourth-order valence-electron chi connectivity index (χ4n) is 2.59. The number of carbonyl (C=O) groups is 1. The molecule has 3 atom stereocenters. The Morgan fingerprint density at radius 3 is 3.18 bits per heavy atom. The minimum Gasteiger partial charge on any atom is -0.481 e. The van der Waals surface area contributed by atoms with Crippen LogP contribution in [0.3, 0.4) is 0 Å². The number of ether oxygens (including phenoxy) is 1. The number of aromatic nitrogens is 3. The highest BCUT2D eigenvalue weighted by atomic mass is 32.2. The number of hydrogen-bond donors (Lipinski definition) is 1. The fraction of sp³-hybridized carbons (Fsp3) is 0.700. The van der Waals surface area contributed by atoms with Gasteiger partial charge in [0.25, 0.3) is 0 Å². The minimum atomic E-state index is -0.839. The Morgan fingerprint density at radius 2 is 2.53 bits per heavy atom. The van der Waals surface area contributed by atoms with Crippen molar-refractivity contribution in [2.24, 2.45) is 0 Å². The average Bonchev–Trinajstić information content (AvgIpc) is 3.01. The first kappa shape index (κ1) is 11.0. The minimum absolute atomic E-state index is 0.0143. The highest BCUT2D eigenvalue weighted by Crippen LogP contribution is 2.42. The Bertz CT molecular complexity index is 436. The van der Waals surface area contributed by atoms with E-state index in [0.29, 0.717) is 11.3 Å². The van der Waals surface area contributed by atoms with E-state index in [-0.39, 0.29) is 17.9 Å². The molecule has 0 spiro atoms. The Balaban J connectivity index is 1.74. The molecule has 2 aliphatic rings. The third-order valence-electron chi connectivity index (χ3n) is 3.30. The van der Waals surface area contributed by atoms with E-state index in [4.69, 9.17) is 9.84 Å². The van der Waals surface area contributed by atoms with E-state index >= 15 is 0 Å². The van der Waals surface area contributed by atoms with Gasteiger partial charge in [-0.15, -0.1) is 10.2 Å². The van der Waals surface area contributed by atoms with E-state index in [2.05, 4.69) is 10.2 Å². The molecule has 0 amide bonds. The number of aliphatic carboxylic acids is 1. The average molecular weight is 255 g/mol. The summed E-state index contributed by atoms with van der Waals surface area (Å²) in [6.07, 6.45) is 5.50. The number of hydrogen-bond acceptors (Lipinski definition) is 5. The maximum atomic E-state index is 10.6. The third-order valence-corrected chi connectivity index (χ3v) is 4.24. The molecule has 1 N–H and O–H groups in total. The van der Waals surface area contributed by atoms with Crippen molar-refractivity contribution < 1.29 is 14.6 Å². The molecule has 2 aliphatic heterocycles. The van der Waals surface area contributed by atoms with Crippen molar-refractivity contribution in [1.29, 1.82) is 0 Å². The van der Waals surface area contributed by atoms with Gasteiger partial charge in [-0.05, 0) is 19.3 Å². The van der Waals surface area contributed by atoms with E-state index < -0.39 is 5.97 Å². The Morgan fingerprint density at radius 1 is 1.65 bits per heavy atom. The lowest BCUT2D eigenvalue weighted by Crippen LogP contribution is -2.21. The molecule has 17 heavy (non-hydrogen) atoms. The second-order valence-electron chi connectivity index (χ2n) is 4.38. The molecule has 0 aliphatic carbocycles. The Kier molecular flexibility index (Phi) is 2.79. The summed E-state index contributed by atoms with van der Waals surface area (Å²) in [5, 5.41) is 17.2. The van der Waals surface area contributed by atoms with Crippen LogP contribution in [0.4, 0.5) is 0 Å². The maximum Gasteiger partial charge on any atom is 0.313 e. The quantitative estimate of drug-likeness (QED) is 0.807. The van der Waals surface area contributed by atoms with Crippen molar-refractivity contribution in [1.82, 2.24) is 14.8 Å². The van der Waals surface area contributed by atoms with Crippen LogP contribution in [0.1, 0.15) is 25.3 Å². The van der Waals surface area contributed by atoms with E-state index in [0.717, 1.165) is 19.3 Å². The Hall–Kier alpha value is -1.08. The number of rotatable bonds is 4. The van der Waals surface area contributed by atoms with Crippen molar-refractivity contribution in [3.63, 3.8) is 0 Å². The number of nitrogens with zero attached hydrogens (tertiary/aromatic N) is 3. The predicted octanol–water partition coefficient (Wildman–Crippen LogP) is 0.947. The van der Waals surface area contributed by atoms with Crippen LogP contribution in [0, 0.1) is 0 Å². The molecule has 0 saturated carbocycles. The van der Waals surface area contributed by atoms with Gasteiger partial charge in [0.2, 0.25) is 0 Å². The summed E-state index contributed by atoms with van der Waals surface area (Å²) in [5.41, 5.74) is 0. The molecule has 3 rings (SSSR count). The number of carboxylic acid groups (broad SMARTS) is 1. The van der Waals surface area contributed by atoms with Gasteiger partial charge in [-0.2, -0.15) is 0 Å².